The minimum atomic E-state index is -0.787. The fourth-order valence-electron chi connectivity index (χ4n) is 3.06. The molecule has 7 nitrogen and oxygen atoms in total. The van der Waals surface area contributed by atoms with Gasteiger partial charge in [0.15, 0.2) is 0 Å². The van der Waals surface area contributed by atoms with Crippen molar-refractivity contribution in [3.05, 3.63) is 54.1 Å². The Balaban J connectivity index is 1.61. The minimum Gasteiger partial charge on any atom is -0.497 e. The van der Waals surface area contributed by atoms with E-state index in [4.69, 9.17) is 14.2 Å². The first-order chi connectivity index (χ1) is 13.6. The third-order valence-electron chi connectivity index (χ3n) is 4.49. The first kappa shape index (κ1) is 19.7. The maximum Gasteiger partial charge on any atom is 0.252 e. The standard InChI is InChI=1S/C21H24N2O5/c1-26-17-10-16(11-18(12-17)27-2)22-20(24)13-19-21(25)23(8-9-28-19)14-15-6-4-3-5-7-15/h3-7,10-12,19H,8-9,13-14H2,1-2H3,(H,22,24). The Labute approximate surface area is 164 Å². The Morgan fingerprint density at radius 1 is 1.14 bits per heavy atom. The smallest absolute Gasteiger partial charge is 0.252 e. The van der Waals surface area contributed by atoms with Gasteiger partial charge in [0.25, 0.3) is 5.91 Å². The average molecular weight is 384 g/mol. The number of anilines is 1. The van der Waals surface area contributed by atoms with Crippen molar-refractivity contribution < 1.29 is 23.8 Å². The number of methoxy groups -OCH3 is 2. The third-order valence-corrected chi connectivity index (χ3v) is 4.49. The molecule has 1 unspecified atom stereocenters. The highest BCUT2D eigenvalue weighted by molar-refractivity contribution is 5.95. The molecular weight excluding hydrogens is 360 g/mol. The van der Waals surface area contributed by atoms with E-state index in [1.54, 1.807) is 23.1 Å². The number of carbonyl (C=O) groups is 2. The SMILES string of the molecule is COc1cc(NC(=O)CC2OCCN(Cc3ccccc3)C2=O)cc(OC)c1. The Kier molecular flexibility index (Phi) is 6.49. The van der Waals surface area contributed by atoms with Gasteiger partial charge < -0.3 is 24.4 Å². The summed E-state index contributed by atoms with van der Waals surface area (Å²) in [4.78, 5) is 26.9. The number of rotatable bonds is 7. The fourth-order valence-corrected chi connectivity index (χ4v) is 3.06. The van der Waals surface area contributed by atoms with Crippen LogP contribution < -0.4 is 14.8 Å². The molecule has 0 aromatic heterocycles. The molecule has 0 spiro atoms. The van der Waals surface area contributed by atoms with Crippen LogP contribution in [0.5, 0.6) is 11.5 Å². The van der Waals surface area contributed by atoms with E-state index in [1.165, 1.54) is 14.2 Å². The summed E-state index contributed by atoms with van der Waals surface area (Å²) in [7, 11) is 3.08. The molecule has 28 heavy (non-hydrogen) atoms. The van der Waals surface area contributed by atoms with Crippen molar-refractivity contribution in [2.45, 2.75) is 19.1 Å². The van der Waals surface area contributed by atoms with Crippen LogP contribution in [0.25, 0.3) is 0 Å². The average Bonchev–Trinajstić information content (AvgIpc) is 2.71. The van der Waals surface area contributed by atoms with Gasteiger partial charge in [0, 0.05) is 37.0 Å². The molecule has 148 valence electrons. The summed E-state index contributed by atoms with van der Waals surface area (Å²) in [5.41, 5.74) is 1.58. The number of carbonyl (C=O) groups excluding carboxylic acids is 2. The van der Waals surface area contributed by atoms with E-state index in [0.29, 0.717) is 36.9 Å². The molecule has 1 saturated heterocycles. The Hall–Kier alpha value is -3.06. The lowest BCUT2D eigenvalue weighted by molar-refractivity contribution is -0.155. The topological polar surface area (TPSA) is 77.1 Å². The van der Waals surface area contributed by atoms with Gasteiger partial charge in [0.05, 0.1) is 27.2 Å². The van der Waals surface area contributed by atoms with Crippen molar-refractivity contribution in [1.82, 2.24) is 4.90 Å². The van der Waals surface area contributed by atoms with E-state index in [0.717, 1.165) is 5.56 Å². The molecule has 0 radical (unpaired) electrons. The third kappa shape index (κ3) is 5.01. The van der Waals surface area contributed by atoms with Crippen LogP contribution in [0.4, 0.5) is 5.69 Å². The molecule has 1 atom stereocenters. The highest BCUT2D eigenvalue weighted by atomic mass is 16.5. The number of hydrogen-bond donors (Lipinski definition) is 1. The predicted molar refractivity (Wildman–Crippen MR) is 104 cm³/mol. The van der Waals surface area contributed by atoms with Crippen molar-refractivity contribution in [2.75, 3.05) is 32.7 Å². The summed E-state index contributed by atoms with van der Waals surface area (Å²) in [5, 5.41) is 2.77. The quantitative estimate of drug-likeness (QED) is 0.794. The normalized spacial score (nSPS) is 16.6. The molecule has 1 N–H and O–H groups in total. The van der Waals surface area contributed by atoms with Crippen LogP contribution in [-0.4, -0.2) is 50.2 Å². The molecule has 2 aromatic rings. The first-order valence-electron chi connectivity index (χ1n) is 9.06. The van der Waals surface area contributed by atoms with Crippen LogP contribution in [0.15, 0.2) is 48.5 Å². The van der Waals surface area contributed by atoms with Gasteiger partial charge in [0.2, 0.25) is 5.91 Å². The molecule has 1 heterocycles. The van der Waals surface area contributed by atoms with Crippen molar-refractivity contribution in [3.63, 3.8) is 0 Å². The van der Waals surface area contributed by atoms with E-state index >= 15 is 0 Å². The van der Waals surface area contributed by atoms with Gasteiger partial charge in [-0.05, 0) is 5.56 Å². The summed E-state index contributed by atoms with van der Waals surface area (Å²) >= 11 is 0. The summed E-state index contributed by atoms with van der Waals surface area (Å²) < 4.78 is 16.0. The molecule has 2 aromatic carbocycles. The van der Waals surface area contributed by atoms with E-state index in [9.17, 15) is 9.59 Å². The first-order valence-corrected chi connectivity index (χ1v) is 9.06. The Morgan fingerprint density at radius 2 is 1.82 bits per heavy atom. The van der Waals surface area contributed by atoms with E-state index in [-0.39, 0.29) is 18.2 Å². The molecule has 0 bridgehead atoms. The van der Waals surface area contributed by atoms with Crippen LogP contribution in [0.1, 0.15) is 12.0 Å². The van der Waals surface area contributed by atoms with Gasteiger partial charge in [-0.15, -0.1) is 0 Å². The molecular formula is C21H24N2O5. The summed E-state index contributed by atoms with van der Waals surface area (Å²) in [6, 6.07) is 14.8. The summed E-state index contributed by atoms with van der Waals surface area (Å²) in [6.07, 6.45) is -0.839. The van der Waals surface area contributed by atoms with Gasteiger partial charge in [-0.2, -0.15) is 0 Å². The highest BCUT2D eigenvalue weighted by Gasteiger charge is 2.31. The van der Waals surface area contributed by atoms with Crippen LogP contribution in [-0.2, 0) is 20.9 Å². The second-order valence-corrected chi connectivity index (χ2v) is 6.46. The molecule has 1 aliphatic heterocycles. The zero-order valence-electron chi connectivity index (χ0n) is 16.0. The van der Waals surface area contributed by atoms with E-state index < -0.39 is 6.10 Å². The zero-order chi connectivity index (χ0) is 19.9. The number of nitrogens with one attached hydrogen (secondary N) is 1. The predicted octanol–water partition coefficient (Wildman–Crippen LogP) is 2.46. The highest BCUT2D eigenvalue weighted by Crippen LogP contribution is 2.26. The van der Waals surface area contributed by atoms with Gasteiger partial charge in [-0.3, -0.25) is 9.59 Å². The summed E-state index contributed by atoms with van der Waals surface area (Å²) in [5.74, 6) is 0.644. The second-order valence-electron chi connectivity index (χ2n) is 6.46. The van der Waals surface area contributed by atoms with E-state index in [1.807, 2.05) is 30.3 Å². The number of ether oxygens (including phenoxy) is 3. The number of nitrogens with zero attached hydrogens (tertiary/aromatic N) is 1. The molecule has 3 rings (SSSR count). The number of benzene rings is 2. The van der Waals surface area contributed by atoms with E-state index in [2.05, 4.69) is 5.32 Å². The largest absolute Gasteiger partial charge is 0.497 e. The monoisotopic (exact) mass is 384 g/mol. The van der Waals surface area contributed by atoms with Crippen LogP contribution in [0.3, 0.4) is 0 Å². The summed E-state index contributed by atoms with van der Waals surface area (Å²) in [6.45, 7) is 1.43. The van der Waals surface area contributed by atoms with Gasteiger partial charge in [0.1, 0.15) is 17.6 Å². The van der Waals surface area contributed by atoms with Crippen LogP contribution >= 0.6 is 0 Å². The van der Waals surface area contributed by atoms with Crippen molar-refractivity contribution in [3.8, 4) is 11.5 Å². The Morgan fingerprint density at radius 3 is 2.46 bits per heavy atom. The molecule has 2 amide bonds. The van der Waals surface area contributed by atoms with Gasteiger partial charge >= 0.3 is 0 Å². The lowest BCUT2D eigenvalue weighted by Crippen LogP contribution is -2.48. The fraction of sp³-hybridized carbons (Fsp3) is 0.333. The van der Waals surface area contributed by atoms with Crippen LogP contribution in [0.2, 0.25) is 0 Å². The molecule has 1 fully saturated rings. The molecule has 0 aliphatic carbocycles. The number of hydrogen-bond acceptors (Lipinski definition) is 5. The number of morpholine rings is 1. The zero-order valence-corrected chi connectivity index (χ0v) is 16.0. The maximum atomic E-state index is 12.7. The Bertz CT molecular complexity index is 803. The van der Waals surface area contributed by atoms with Gasteiger partial charge in [-0.25, -0.2) is 0 Å². The molecule has 0 saturated carbocycles. The lowest BCUT2D eigenvalue weighted by atomic mass is 10.1. The van der Waals surface area contributed by atoms with Crippen molar-refractivity contribution in [1.29, 1.82) is 0 Å². The lowest BCUT2D eigenvalue weighted by Gasteiger charge is -2.32. The van der Waals surface area contributed by atoms with Crippen molar-refractivity contribution in [2.24, 2.45) is 0 Å². The van der Waals surface area contributed by atoms with Crippen LogP contribution in [0, 0.1) is 0 Å². The molecule has 1 aliphatic rings. The maximum absolute atomic E-state index is 12.7. The minimum absolute atomic E-state index is 0.0519. The van der Waals surface area contributed by atoms with Crippen molar-refractivity contribution >= 4 is 17.5 Å². The van der Waals surface area contributed by atoms with Gasteiger partial charge in [-0.1, -0.05) is 30.3 Å². The molecule has 7 heteroatoms. The number of amides is 2. The second kappa shape index (κ2) is 9.23.